The van der Waals surface area contributed by atoms with Crippen molar-refractivity contribution in [3.8, 4) is 0 Å². The highest BCUT2D eigenvalue weighted by atomic mass is 16.3. The molecule has 2 fully saturated rings. The van der Waals surface area contributed by atoms with Crippen LogP contribution in [0, 0.1) is 29.1 Å². The molecule has 0 aliphatic heterocycles. The van der Waals surface area contributed by atoms with Crippen LogP contribution in [0.3, 0.4) is 0 Å². The van der Waals surface area contributed by atoms with Crippen molar-refractivity contribution in [3.63, 3.8) is 0 Å². The molecule has 0 heterocycles. The van der Waals surface area contributed by atoms with E-state index in [0.717, 1.165) is 12.3 Å². The van der Waals surface area contributed by atoms with E-state index < -0.39 is 5.60 Å². The molecule has 2 aliphatic carbocycles. The normalized spacial score (nSPS) is 51.6. The standard InChI is InChI=1S/C15H27O/c1-11-14(4)9-6-8-13(2,3)12(14)7-10-15(11,5)16/h6,11-12,16H,7-10H2,1-5H3/q+1/t11-,12?,14-,15-/m0/s1. The van der Waals surface area contributed by atoms with Crippen LogP contribution in [-0.2, 0) is 0 Å². The highest BCUT2D eigenvalue weighted by molar-refractivity contribution is 5.09. The van der Waals surface area contributed by atoms with Crippen molar-refractivity contribution in [3.05, 3.63) is 6.42 Å². The molecule has 0 saturated heterocycles. The summed E-state index contributed by atoms with van der Waals surface area (Å²) in [7, 11) is 0. The second-order valence-corrected chi connectivity index (χ2v) is 7.36. The molecule has 1 unspecified atom stereocenters. The summed E-state index contributed by atoms with van der Waals surface area (Å²) in [4.78, 5) is 0. The van der Waals surface area contributed by atoms with Gasteiger partial charge in [-0.1, -0.05) is 27.7 Å². The first-order chi connectivity index (χ1) is 7.20. The Bertz CT molecular complexity index is 279. The van der Waals surface area contributed by atoms with Crippen LogP contribution in [0.5, 0.6) is 0 Å². The van der Waals surface area contributed by atoms with Gasteiger partial charge in [0.1, 0.15) is 0 Å². The Hall–Kier alpha value is -0.170. The third-order valence-electron chi connectivity index (χ3n) is 5.86. The predicted octanol–water partition coefficient (Wildman–Crippen LogP) is 3.81. The van der Waals surface area contributed by atoms with E-state index in [9.17, 15) is 5.11 Å². The van der Waals surface area contributed by atoms with Gasteiger partial charge >= 0.3 is 0 Å². The number of fused-ring (bicyclic) bond motifs is 1. The monoisotopic (exact) mass is 223 g/mol. The predicted molar refractivity (Wildman–Crippen MR) is 67.9 cm³/mol. The van der Waals surface area contributed by atoms with Gasteiger partial charge < -0.3 is 5.11 Å². The molecule has 0 aromatic rings. The van der Waals surface area contributed by atoms with E-state index in [1.807, 2.05) is 6.92 Å². The van der Waals surface area contributed by atoms with Gasteiger partial charge in [0, 0.05) is 10.8 Å². The summed E-state index contributed by atoms with van der Waals surface area (Å²) in [6.07, 6.45) is 7.03. The smallest absolute Gasteiger partial charge is 0.0935 e. The molecule has 0 radical (unpaired) electrons. The SMILES string of the molecule is C[C@@H]1[C@@](C)(O)CCC2C(C)(C)C[CH+]C[C@]21C. The second kappa shape index (κ2) is 3.41. The Morgan fingerprint density at radius 2 is 1.75 bits per heavy atom. The first-order valence-corrected chi connectivity index (χ1v) is 6.74. The van der Waals surface area contributed by atoms with Crippen LogP contribution in [0.15, 0.2) is 0 Å². The fourth-order valence-corrected chi connectivity index (χ4v) is 4.49. The molecule has 0 bridgehead atoms. The van der Waals surface area contributed by atoms with Crippen molar-refractivity contribution < 1.29 is 5.11 Å². The minimum Gasteiger partial charge on any atom is -0.390 e. The topological polar surface area (TPSA) is 20.2 Å². The summed E-state index contributed by atoms with van der Waals surface area (Å²) < 4.78 is 0. The summed E-state index contributed by atoms with van der Waals surface area (Å²) in [5.41, 5.74) is 0.244. The second-order valence-electron chi connectivity index (χ2n) is 7.36. The van der Waals surface area contributed by atoms with Crippen LogP contribution in [0.4, 0.5) is 0 Å². The fourth-order valence-electron chi connectivity index (χ4n) is 4.49. The zero-order chi connectivity index (χ0) is 12.2. The molecule has 1 heteroatoms. The van der Waals surface area contributed by atoms with E-state index in [1.165, 1.54) is 19.3 Å². The van der Waals surface area contributed by atoms with Crippen LogP contribution in [0.25, 0.3) is 0 Å². The largest absolute Gasteiger partial charge is 0.390 e. The van der Waals surface area contributed by atoms with Crippen molar-refractivity contribution in [1.29, 1.82) is 0 Å². The third-order valence-corrected chi connectivity index (χ3v) is 5.86. The molecular formula is C15H27O+. The van der Waals surface area contributed by atoms with Gasteiger partial charge in [-0.15, -0.1) is 0 Å². The van der Waals surface area contributed by atoms with Crippen LogP contribution in [-0.4, -0.2) is 10.7 Å². The van der Waals surface area contributed by atoms with Crippen molar-refractivity contribution >= 4 is 0 Å². The van der Waals surface area contributed by atoms with Crippen LogP contribution >= 0.6 is 0 Å². The lowest BCUT2D eigenvalue weighted by Gasteiger charge is -2.57. The minimum atomic E-state index is -0.466. The molecule has 1 N–H and O–H groups in total. The minimum absolute atomic E-state index is 0.295. The molecule has 2 aliphatic rings. The average molecular weight is 223 g/mol. The first kappa shape index (κ1) is 12.3. The van der Waals surface area contributed by atoms with Crippen LogP contribution < -0.4 is 0 Å². The van der Waals surface area contributed by atoms with Crippen molar-refractivity contribution in [2.75, 3.05) is 0 Å². The van der Waals surface area contributed by atoms with Gasteiger partial charge in [-0.05, 0) is 31.6 Å². The van der Waals surface area contributed by atoms with Gasteiger partial charge in [0.25, 0.3) is 0 Å². The lowest BCUT2D eigenvalue weighted by atomic mass is 9.46. The Morgan fingerprint density at radius 3 is 2.38 bits per heavy atom. The van der Waals surface area contributed by atoms with E-state index in [-0.39, 0.29) is 0 Å². The Labute approximate surface area is 101 Å². The van der Waals surface area contributed by atoms with Gasteiger partial charge in [-0.2, -0.15) is 0 Å². The van der Waals surface area contributed by atoms with Gasteiger partial charge in [0.2, 0.25) is 0 Å². The van der Waals surface area contributed by atoms with Crippen molar-refractivity contribution in [1.82, 2.24) is 0 Å². The van der Waals surface area contributed by atoms with Crippen molar-refractivity contribution in [2.45, 2.75) is 65.9 Å². The molecule has 1 nitrogen and oxygen atoms in total. The third kappa shape index (κ3) is 1.59. The number of hydrogen-bond acceptors (Lipinski definition) is 1. The quantitative estimate of drug-likeness (QED) is 0.619. The summed E-state index contributed by atoms with van der Waals surface area (Å²) >= 11 is 0. The van der Waals surface area contributed by atoms with E-state index in [4.69, 9.17) is 0 Å². The van der Waals surface area contributed by atoms with E-state index in [1.54, 1.807) is 0 Å². The molecule has 2 rings (SSSR count). The average Bonchev–Trinajstić information content (AvgIpc) is 2.12. The molecule has 0 amide bonds. The fraction of sp³-hybridized carbons (Fsp3) is 0.933. The molecule has 0 aromatic carbocycles. The zero-order valence-electron chi connectivity index (χ0n) is 11.5. The molecule has 0 aromatic heterocycles. The first-order valence-electron chi connectivity index (χ1n) is 6.74. The highest BCUT2D eigenvalue weighted by Crippen LogP contribution is 2.61. The van der Waals surface area contributed by atoms with Gasteiger partial charge in [-0.3, -0.25) is 0 Å². The van der Waals surface area contributed by atoms with Gasteiger partial charge in [0.05, 0.1) is 24.9 Å². The van der Waals surface area contributed by atoms with E-state index in [0.29, 0.717) is 16.7 Å². The van der Waals surface area contributed by atoms with Crippen LogP contribution in [0.2, 0.25) is 0 Å². The van der Waals surface area contributed by atoms with Gasteiger partial charge in [-0.25, -0.2) is 0 Å². The Balaban J connectivity index is 2.34. The number of aliphatic hydroxyl groups is 1. The maximum absolute atomic E-state index is 10.5. The highest BCUT2D eigenvalue weighted by Gasteiger charge is 2.59. The lowest BCUT2D eigenvalue weighted by molar-refractivity contribution is -0.151. The molecule has 0 spiro atoms. The summed E-state index contributed by atoms with van der Waals surface area (Å²) in [5.74, 6) is 1.16. The Kier molecular flexibility index (Phi) is 2.62. The van der Waals surface area contributed by atoms with E-state index in [2.05, 4.69) is 34.1 Å². The van der Waals surface area contributed by atoms with Crippen molar-refractivity contribution in [2.24, 2.45) is 22.7 Å². The molecule has 92 valence electrons. The maximum Gasteiger partial charge on any atom is 0.0935 e. The van der Waals surface area contributed by atoms with E-state index >= 15 is 0 Å². The zero-order valence-corrected chi connectivity index (χ0v) is 11.5. The summed E-state index contributed by atoms with van der Waals surface area (Å²) in [6, 6.07) is 0. The Morgan fingerprint density at radius 1 is 1.12 bits per heavy atom. The maximum atomic E-state index is 10.5. The molecule has 2 saturated carbocycles. The lowest BCUT2D eigenvalue weighted by Crippen LogP contribution is -2.56. The molecular weight excluding hydrogens is 196 g/mol. The molecule has 16 heavy (non-hydrogen) atoms. The van der Waals surface area contributed by atoms with Crippen LogP contribution in [0.1, 0.15) is 60.3 Å². The number of hydrogen-bond donors (Lipinski definition) is 1. The molecule has 4 atom stereocenters. The summed E-state index contributed by atoms with van der Waals surface area (Å²) in [5, 5.41) is 10.5. The van der Waals surface area contributed by atoms with Gasteiger partial charge in [0.15, 0.2) is 0 Å². The number of rotatable bonds is 0. The summed E-state index contributed by atoms with van der Waals surface area (Å²) in [6.45, 7) is 11.5.